The number of rotatable bonds is 9. The minimum Gasteiger partial charge on any atom is -0.508 e. The quantitative estimate of drug-likeness (QED) is 0.465. The average Bonchev–Trinajstić information content (AvgIpc) is 2.74. The lowest BCUT2D eigenvalue weighted by atomic mass is 9.93. The van der Waals surface area contributed by atoms with Crippen LogP contribution in [0.2, 0.25) is 0 Å². The molecule has 0 saturated heterocycles. The third-order valence-corrected chi connectivity index (χ3v) is 4.96. The Morgan fingerprint density at radius 2 is 1.80 bits per heavy atom. The number of benzene rings is 2. The van der Waals surface area contributed by atoms with Gasteiger partial charge in [0.25, 0.3) is 0 Å². The molecule has 0 aliphatic rings. The van der Waals surface area contributed by atoms with Crippen molar-refractivity contribution >= 4 is 22.7 Å². The Kier molecular flexibility index (Phi) is 6.76. The Hall–Kier alpha value is -3.29. The van der Waals surface area contributed by atoms with E-state index < -0.39 is 5.97 Å². The highest BCUT2D eigenvalue weighted by Crippen LogP contribution is 2.23. The number of aromatic carboxylic acids is 1. The van der Waals surface area contributed by atoms with Crippen molar-refractivity contribution in [3.63, 3.8) is 0 Å². The van der Waals surface area contributed by atoms with E-state index in [2.05, 4.69) is 4.98 Å². The van der Waals surface area contributed by atoms with Gasteiger partial charge in [-0.15, -0.1) is 0 Å². The van der Waals surface area contributed by atoms with Gasteiger partial charge in [0.1, 0.15) is 11.4 Å². The highest BCUT2D eigenvalue weighted by atomic mass is 16.5. The number of carboxylic acids is 1. The number of methoxy groups -OCH3 is 1. The topological polar surface area (TPSA) is 123 Å². The molecule has 0 bridgehead atoms. The number of fused-ring (bicyclic) bond motifs is 1. The molecule has 156 valence electrons. The van der Waals surface area contributed by atoms with Crippen LogP contribution in [0, 0.1) is 5.92 Å². The molecule has 3 rings (SSSR count). The van der Waals surface area contributed by atoms with E-state index in [0.717, 1.165) is 11.1 Å². The number of hydrogen-bond donors (Lipinski definition) is 3. The lowest BCUT2D eigenvalue weighted by molar-refractivity contribution is 0.0699. The predicted octanol–water partition coefficient (Wildman–Crippen LogP) is 3.18. The molecule has 4 N–H and O–H groups in total. The zero-order valence-electron chi connectivity index (χ0n) is 16.7. The molecule has 7 heteroatoms. The zero-order valence-corrected chi connectivity index (χ0v) is 16.7. The van der Waals surface area contributed by atoms with E-state index >= 15 is 0 Å². The van der Waals surface area contributed by atoms with Gasteiger partial charge in [0.2, 0.25) is 0 Å². The maximum atomic E-state index is 12.9. The van der Waals surface area contributed by atoms with Crippen LogP contribution in [0.4, 0.5) is 0 Å². The summed E-state index contributed by atoms with van der Waals surface area (Å²) in [5.74, 6) is -1.30. The molecule has 1 aromatic heterocycles. The fourth-order valence-corrected chi connectivity index (χ4v) is 3.48. The van der Waals surface area contributed by atoms with Crippen molar-refractivity contribution in [1.29, 1.82) is 0 Å². The SMILES string of the molecule is COC[C@@H](CC(=O)c1cc(C(=O)O)c2cc(CN)ccc2n1)Cc1ccc(O)cc1. The van der Waals surface area contributed by atoms with Crippen LogP contribution in [0.5, 0.6) is 5.75 Å². The van der Waals surface area contributed by atoms with Gasteiger partial charge in [0, 0.05) is 32.1 Å². The van der Waals surface area contributed by atoms with Gasteiger partial charge in [-0.25, -0.2) is 9.78 Å². The number of pyridine rings is 1. The Morgan fingerprint density at radius 1 is 1.10 bits per heavy atom. The number of carbonyl (C=O) groups excluding carboxylic acids is 1. The number of aromatic hydroxyl groups is 1. The predicted molar refractivity (Wildman–Crippen MR) is 113 cm³/mol. The number of aromatic nitrogens is 1. The summed E-state index contributed by atoms with van der Waals surface area (Å²) in [6.45, 7) is 0.650. The summed E-state index contributed by atoms with van der Waals surface area (Å²) in [5.41, 5.74) is 8.00. The van der Waals surface area contributed by atoms with Gasteiger partial charge in [0.05, 0.1) is 11.1 Å². The fraction of sp³-hybridized carbons (Fsp3) is 0.261. The van der Waals surface area contributed by atoms with Crippen molar-refractivity contribution in [1.82, 2.24) is 4.98 Å². The summed E-state index contributed by atoms with van der Waals surface area (Å²) in [5, 5.41) is 19.5. The van der Waals surface area contributed by atoms with E-state index in [9.17, 15) is 19.8 Å². The number of carbonyl (C=O) groups is 2. The molecule has 0 amide bonds. The normalized spacial score (nSPS) is 12.1. The number of phenolic OH excluding ortho intramolecular Hbond substituents is 1. The molecule has 3 aromatic rings. The summed E-state index contributed by atoms with van der Waals surface area (Å²) < 4.78 is 5.27. The molecule has 30 heavy (non-hydrogen) atoms. The fourth-order valence-electron chi connectivity index (χ4n) is 3.48. The lowest BCUT2D eigenvalue weighted by Crippen LogP contribution is -2.18. The molecular weight excluding hydrogens is 384 g/mol. The van der Waals surface area contributed by atoms with Gasteiger partial charge >= 0.3 is 5.97 Å². The number of nitrogens with two attached hydrogens (primary N) is 1. The number of phenols is 1. The third kappa shape index (κ3) is 5.00. The lowest BCUT2D eigenvalue weighted by Gasteiger charge is -2.16. The van der Waals surface area contributed by atoms with Gasteiger partial charge in [-0.3, -0.25) is 4.79 Å². The molecule has 2 aromatic carbocycles. The zero-order chi connectivity index (χ0) is 21.7. The summed E-state index contributed by atoms with van der Waals surface area (Å²) in [7, 11) is 1.57. The van der Waals surface area contributed by atoms with Crippen LogP contribution in [-0.2, 0) is 17.7 Å². The van der Waals surface area contributed by atoms with Gasteiger partial charge in [-0.05, 0) is 53.8 Å². The highest BCUT2D eigenvalue weighted by molar-refractivity contribution is 6.06. The molecule has 0 saturated carbocycles. The second-order valence-corrected chi connectivity index (χ2v) is 7.24. The number of ether oxygens (including phenoxy) is 1. The number of nitrogens with zero attached hydrogens (tertiary/aromatic N) is 1. The summed E-state index contributed by atoms with van der Waals surface area (Å²) in [6, 6.07) is 13.3. The summed E-state index contributed by atoms with van der Waals surface area (Å²) in [6.07, 6.45) is 0.742. The first-order chi connectivity index (χ1) is 14.4. The van der Waals surface area contributed by atoms with E-state index in [-0.39, 0.29) is 41.7 Å². The van der Waals surface area contributed by atoms with E-state index in [1.54, 1.807) is 49.6 Å². The molecule has 0 aliphatic carbocycles. The van der Waals surface area contributed by atoms with E-state index in [1.807, 2.05) is 0 Å². The Bertz CT molecular complexity index is 1060. The first kappa shape index (κ1) is 21.4. The van der Waals surface area contributed by atoms with Crippen molar-refractivity contribution in [3.05, 3.63) is 70.9 Å². The first-order valence-electron chi connectivity index (χ1n) is 9.58. The van der Waals surface area contributed by atoms with Crippen molar-refractivity contribution in [2.24, 2.45) is 11.7 Å². The molecular formula is C23H24N2O5. The second kappa shape index (κ2) is 9.47. The largest absolute Gasteiger partial charge is 0.508 e. The van der Waals surface area contributed by atoms with E-state index in [4.69, 9.17) is 10.5 Å². The minimum absolute atomic E-state index is 0.0282. The van der Waals surface area contributed by atoms with Crippen molar-refractivity contribution < 1.29 is 24.5 Å². The maximum Gasteiger partial charge on any atom is 0.336 e. The van der Waals surface area contributed by atoms with Crippen LogP contribution in [0.1, 0.15) is 38.4 Å². The van der Waals surface area contributed by atoms with Crippen molar-refractivity contribution in [3.8, 4) is 5.75 Å². The number of Topliss-reactive ketones (excluding diaryl/α,β-unsaturated/α-hetero) is 1. The van der Waals surface area contributed by atoms with Crippen molar-refractivity contribution in [2.45, 2.75) is 19.4 Å². The molecule has 0 unspecified atom stereocenters. The van der Waals surface area contributed by atoms with Crippen LogP contribution in [0.3, 0.4) is 0 Å². The Balaban J connectivity index is 1.88. The molecule has 0 radical (unpaired) electrons. The van der Waals surface area contributed by atoms with Crippen LogP contribution in [0.15, 0.2) is 48.5 Å². The van der Waals surface area contributed by atoms with Gasteiger partial charge < -0.3 is 20.7 Å². The Morgan fingerprint density at radius 3 is 2.43 bits per heavy atom. The van der Waals surface area contributed by atoms with Crippen molar-refractivity contribution in [2.75, 3.05) is 13.7 Å². The van der Waals surface area contributed by atoms with E-state index in [0.29, 0.717) is 23.9 Å². The molecule has 0 spiro atoms. The van der Waals surface area contributed by atoms with Gasteiger partial charge in [-0.1, -0.05) is 18.2 Å². The number of hydrogen-bond acceptors (Lipinski definition) is 6. The Labute approximate surface area is 174 Å². The third-order valence-electron chi connectivity index (χ3n) is 4.96. The second-order valence-electron chi connectivity index (χ2n) is 7.24. The summed E-state index contributed by atoms with van der Waals surface area (Å²) in [4.78, 5) is 29.1. The van der Waals surface area contributed by atoms with Crippen LogP contribution in [0.25, 0.3) is 10.9 Å². The maximum absolute atomic E-state index is 12.9. The van der Waals surface area contributed by atoms with Gasteiger partial charge in [-0.2, -0.15) is 0 Å². The molecule has 0 fully saturated rings. The molecule has 0 aliphatic heterocycles. The van der Waals surface area contributed by atoms with Crippen LogP contribution < -0.4 is 5.73 Å². The molecule has 1 heterocycles. The first-order valence-corrected chi connectivity index (χ1v) is 9.58. The molecule has 7 nitrogen and oxygen atoms in total. The highest BCUT2D eigenvalue weighted by Gasteiger charge is 2.20. The summed E-state index contributed by atoms with van der Waals surface area (Å²) >= 11 is 0. The standard InChI is InChI=1S/C23H24N2O5/c1-30-13-16(8-14-2-5-17(26)6-3-14)10-22(27)21-11-19(23(28)29)18-9-15(12-24)4-7-20(18)25-21/h2-7,9,11,16,26H,8,10,12-13,24H2,1H3,(H,28,29)/t16-/m1/s1. The monoisotopic (exact) mass is 408 g/mol. The minimum atomic E-state index is -1.12. The van der Waals surface area contributed by atoms with Crippen LogP contribution >= 0.6 is 0 Å². The van der Waals surface area contributed by atoms with Gasteiger partial charge in [0.15, 0.2) is 5.78 Å². The smallest absolute Gasteiger partial charge is 0.336 e. The van der Waals surface area contributed by atoms with Crippen LogP contribution in [-0.4, -0.2) is 40.7 Å². The number of ketones is 1. The number of carboxylic acid groups (broad SMARTS) is 1. The average molecular weight is 408 g/mol. The molecule has 1 atom stereocenters. The van der Waals surface area contributed by atoms with E-state index in [1.165, 1.54) is 6.07 Å².